The number of anilines is 1. The molecule has 0 unspecified atom stereocenters. The van der Waals surface area contributed by atoms with E-state index in [2.05, 4.69) is 54.5 Å². The van der Waals surface area contributed by atoms with Crippen molar-refractivity contribution in [2.75, 3.05) is 30.9 Å². The fourth-order valence-corrected chi connectivity index (χ4v) is 5.68. The first kappa shape index (κ1) is 28.4. The predicted octanol–water partition coefficient (Wildman–Crippen LogP) is 6.00. The van der Waals surface area contributed by atoms with Crippen LogP contribution in [0.25, 0.3) is 22.0 Å². The summed E-state index contributed by atoms with van der Waals surface area (Å²) in [4.78, 5) is 19.0. The number of nitrogens with zero attached hydrogens (tertiary/aromatic N) is 1. The predicted molar refractivity (Wildman–Crippen MR) is 160 cm³/mol. The Morgan fingerprint density at radius 1 is 0.923 bits per heavy atom. The van der Waals surface area contributed by atoms with E-state index in [1.54, 1.807) is 30.3 Å². The first-order valence-corrected chi connectivity index (χ1v) is 14.9. The van der Waals surface area contributed by atoms with Crippen molar-refractivity contribution in [2.45, 2.75) is 44.9 Å². The molecule has 0 radical (unpaired) electrons. The molecule has 1 aromatic heterocycles. The molecule has 39 heavy (non-hydrogen) atoms. The second-order valence-electron chi connectivity index (χ2n) is 10.7. The number of sulfonamides is 1. The molecule has 0 atom stereocenters. The molecule has 0 saturated heterocycles. The molecule has 4 aromatic rings. The maximum Gasteiger partial charge on any atom is 0.268 e. The molecule has 0 aliphatic carbocycles. The van der Waals surface area contributed by atoms with Gasteiger partial charge in [0.1, 0.15) is 5.69 Å². The van der Waals surface area contributed by atoms with E-state index >= 15 is 0 Å². The maximum absolute atomic E-state index is 13.3. The highest BCUT2D eigenvalue weighted by Gasteiger charge is 2.22. The lowest BCUT2D eigenvalue weighted by molar-refractivity contribution is 0.0945. The molecule has 8 heteroatoms. The summed E-state index contributed by atoms with van der Waals surface area (Å²) in [5, 5.41) is 3.80. The number of rotatable bonds is 10. The van der Waals surface area contributed by atoms with Gasteiger partial charge >= 0.3 is 0 Å². The third-order valence-electron chi connectivity index (χ3n) is 6.98. The maximum atomic E-state index is 13.3. The van der Waals surface area contributed by atoms with Gasteiger partial charge in [-0.3, -0.25) is 9.52 Å². The van der Waals surface area contributed by atoms with Crippen LogP contribution in [0.5, 0.6) is 0 Å². The van der Waals surface area contributed by atoms with Gasteiger partial charge in [-0.1, -0.05) is 77.1 Å². The number of carbonyl (C=O) groups is 1. The Bertz CT molecular complexity index is 1530. The zero-order valence-corrected chi connectivity index (χ0v) is 24.2. The number of carbonyl (C=O) groups excluding carboxylic acids is 1. The SMILES string of the molecule is CCN(CC)CCNC(=O)c1[nH]c2ccc(NS(=O)(=O)c3ccc(C(C)(C)C)cc3)cc2c1-c1ccccc1. The number of aromatic amines is 1. The third kappa shape index (κ3) is 6.52. The molecule has 0 bridgehead atoms. The molecule has 1 heterocycles. The zero-order chi connectivity index (χ0) is 28.2. The molecule has 7 nitrogen and oxygen atoms in total. The molecule has 1 amide bonds. The number of H-pyrrole nitrogens is 1. The highest BCUT2D eigenvalue weighted by atomic mass is 32.2. The number of hydrogen-bond donors (Lipinski definition) is 3. The minimum atomic E-state index is -3.80. The standard InChI is InChI=1S/C31H38N4O3S/c1-6-35(7-2)20-19-32-30(36)29-28(22-11-9-8-10-12-22)26-21-24(15-18-27(26)33-29)34-39(37,38)25-16-13-23(14-17-25)31(3,4)5/h8-18,21,33-34H,6-7,19-20H2,1-5H3,(H,32,36). The second kappa shape index (κ2) is 11.6. The summed E-state index contributed by atoms with van der Waals surface area (Å²) in [6.45, 7) is 13.6. The van der Waals surface area contributed by atoms with Gasteiger partial charge in [0.05, 0.1) is 4.90 Å². The fraction of sp³-hybridized carbons (Fsp3) is 0.323. The van der Waals surface area contributed by atoms with E-state index in [-0.39, 0.29) is 16.2 Å². The molecular formula is C31H38N4O3S. The lowest BCUT2D eigenvalue weighted by Gasteiger charge is -2.19. The minimum Gasteiger partial charge on any atom is -0.350 e. The minimum absolute atomic E-state index is 0.0712. The number of hydrogen-bond acceptors (Lipinski definition) is 4. The van der Waals surface area contributed by atoms with E-state index in [0.717, 1.165) is 47.2 Å². The van der Waals surface area contributed by atoms with E-state index in [1.165, 1.54) is 0 Å². The van der Waals surface area contributed by atoms with Crippen LogP contribution < -0.4 is 10.0 Å². The van der Waals surface area contributed by atoms with Gasteiger partial charge in [0, 0.05) is 35.2 Å². The molecule has 3 N–H and O–H groups in total. The summed E-state index contributed by atoms with van der Waals surface area (Å²) >= 11 is 0. The Balaban J connectivity index is 1.67. The van der Waals surface area contributed by atoms with Crippen molar-refractivity contribution >= 4 is 32.5 Å². The van der Waals surface area contributed by atoms with Gasteiger partial charge in [-0.2, -0.15) is 0 Å². The number of nitrogens with one attached hydrogen (secondary N) is 3. The highest BCUT2D eigenvalue weighted by Crippen LogP contribution is 2.35. The average Bonchev–Trinajstić information content (AvgIpc) is 3.30. The summed E-state index contributed by atoms with van der Waals surface area (Å²) in [6.07, 6.45) is 0. The van der Waals surface area contributed by atoms with Gasteiger partial charge in [-0.05, 0) is 60.0 Å². The van der Waals surface area contributed by atoms with Gasteiger partial charge in [-0.25, -0.2) is 8.42 Å². The van der Waals surface area contributed by atoms with Crippen LogP contribution in [0.2, 0.25) is 0 Å². The van der Waals surface area contributed by atoms with Crippen LogP contribution in [0.4, 0.5) is 5.69 Å². The molecule has 206 valence electrons. The van der Waals surface area contributed by atoms with E-state index < -0.39 is 10.0 Å². The molecule has 4 rings (SSSR count). The van der Waals surface area contributed by atoms with Crippen LogP contribution in [0, 0.1) is 0 Å². The van der Waals surface area contributed by atoms with Crippen molar-refractivity contribution in [3.63, 3.8) is 0 Å². The molecule has 0 saturated carbocycles. The molecule has 0 aliphatic rings. The van der Waals surface area contributed by atoms with E-state index in [4.69, 9.17) is 0 Å². The fourth-order valence-electron chi connectivity index (χ4n) is 4.63. The van der Waals surface area contributed by atoms with Crippen LogP contribution in [0.15, 0.2) is 77.7 Å². The van der Waals surface area contributed by atoms with Crippen molar-refractivity contribution in [3.8, 4) is 11.1 Å². The number of benzene rings is 3. The topological polar surface area (TPSA) is 94.3 Å². The van der Waals surface area contributed by atoms with Gasteiger partial charge < -0.3 is 15.2 Å². The van der Waals surface area contributed by atoms with Crippen molar-refractivity contribution in [1.82, 2.24) is 15.2 Å². The second-order valence-corrected chi connectivity index (χ2v) is 12.3. The van der Waals surface area contributed by atoms with Crippen molar-refractivity contribution < 1.29 is 13.2 Å². The van der Waals surface area contributed by atoms with Gasteiger partial charge in [-0.15, -0.1) is 0 Å². The lowest BCUT2D eigenvalue weighted by atomic mass is 9.87. The smallest absolute Gasteiger partial charge is 0.268 e. The average molecular weight is 547 g/mol. The Kier molecular flexibility index (Phi) is 8.47. The first-order chi connectivity index (χ1) is 18.5. The van der Waals surface area contributed by atoms with E-state index in [0.29, 0.717) is 17.9 Å². The number of aromatic nitrogens is 1. The quantitative estimate of drug-likeness (QED) is 0.227. The summed E-state index contributed by atoms with van der Waals surface area (Å²) < 4.78 is 29.1. The van der Waals surface area contributed by atoms with Gasteiger partial charge in [0.2, 0.25) is 0 Å². The number of amides is 1. The van der Waals surface area contributed by atoms with E-state index in [9.17, 15) is 13.2 Å². The molecule has 0 fully saturated rings. The Hall–Kier alpha value is -3.62. The van der Waals surface area contributed by atoms with Crippen LogP contribution >= 0.6 is 0 Å². The molecule has 0 aliphatic heterocycles. The van der Waals surface area contributed by atoms with Crippen molar-refractivity contribution in [3.05, 3.63) is 84.1 Å². The van der Waals surface area contributed by atoms with Crippen molar-refractivity contribution in [1.29, 1.82) is 0 Å². The summed E-state index contributed by atoms with van der Waals surface area (Å²) in [5.41, 5.74) is 4.22. The largest absolute Gasteiger partial charge is 0.350 e. The highest BCUT2D eigenvalue weighted by molar-refractivity contribution is 7.92. The molecule has 3 aromatic carbocycles. The Morgan fingerprint density at radius 3 is 2.21 bits per heavy atom. The van der Waals surface area contributed by atoms with Crippen LogP contribution in [-0.2, 0) is 15.4 Å². The number of likely N-dealkylation sites (N-methyl/N-ethyl adjacent to an activating group) is 1. The summed E-state index contributed by atoms with van der Waals surface area (Å²) in [6, 6.07) is 21.9. The normalized spacial score (nSPS) is 12.2. The van der Waals surface area contributed by atoms with E-state index in [1.807, 2.05) is 42.5 Å². The monoisotopic (exact) mass is 546 g/mol. The molecule has 0 spiro atoms. The third-order valence-corrected chi connectivity index (χ3v) is 8.38. The zero-order valence-electron chi connectivity index (χ0n) is 23.3. The first-order valence-electron chi connectivity index (χ1n) is 13.4. The van der Waals surface area contributed by atoms with Crippen molar-refractivity contribution in [2.24, 2.45) is 0 Å². The van der Waals surface area contributed by atoms with Gasteiger partial charge in [0.15, 0.2) is 0 Å². The summed E-state index contributed by atoms with van der Waals surface area (Å²) in [5.74, 6) is -0.196. The van der Waals surface area contributed by atoms with Crippen LogP contribution in [-0.4, -0.2) is 50.4 Å². The number of fused-ring (bicyclic) bond motifs is 1. The van der Waals surface area contributed by atoms with Gasteiger partial charge in [0.25, 0.3) is 15.9 Å². The molecular weight excluding hydrogens is 508 g/mol. The lowest BCUT2D eigenvalue weighted by Crippen LogP contribution is -2.35. The summed E-state index contributed by atoms with van der Waals surface area (Å²) in [7, 11) is -3.80. The van der Waals surface area contributed by atoms with Crippen LogP contribution in [0.3, 0.4) is 0 Å². The Morgan fingerprint density at radius 2 is 1.59 bits per heavy atom. The van der Waals surface area contributed by atoms with Crippen LogP contribution in [0.1, 0.15) is 50.7 Å². The Labute approximate surface area is 231 Å².